The SMILES string of the molecule is CCCCCC(OC(=O)CCCC(=O)OCC[N+](C)(C)C)C(O)CC=CCCCCCCCC(=O)NCC. The molecule has 8 nitrogen and oxygen atoms in total. The predicted molar refractivity (Wildman–Crippen MR) is 152 cm³/mol. The number of nitrogens with zero attached hydrogens (tertiary/aromatic N) is 1. The maximum absolute atomic E-state index is 12.4. The van der Waals surface area contributed by atoms with Crippen molar-refractivity contribution in [2.45, 2.75) is 122 Å². The van der Waals surface area contributed by atoms with E-state index in [2.05, 4.69) is 18.3 Å². The number of ether oxygens (including phenoxy) is 2. The van der Waals surface area contributed by atoms with Gasteiger partial charge >= 0.3 is 11.9 Å². The van der Waals surface area contributed by atoms with Gasteiger partial charge in [0.25, 0.3) is 0 Å². The summed E-state index contributed by atoms with van der Waals surface area (Å²) in [7, 11) is 6.10. The average Bonchev–Trinajstić information content (AvgIpc) is 2.84. The Morgan fingerprint density at radius 3 is 2.21 bits per heavy atom. The van der Waals surface area contributed by atoms with Crippen LogP contribution in [0.4, 0.5) is 0 Å². The largest absolute Gasteiger partial charge is 0.460 e. The van der Waals surface area contributed by atoms with Gasteiger partial charge in [0.05, 0.1) is 27.2 Å². The number of likely N-dealkylation sites (N-methyl/N-ethyl adjacent to an activating group) is 1. The summed E-state index contributed by atoms with van der Waals surface area (Å²) in [6.07, 6.45) is 14.5. The number of hydrogen-bond donors (Lipinski definition) is 2. The molecule has 0 aliphatic rings. The van der Waals surface area contributed by atoms with E-state index in [-0.39, 0.29) is 30.7 Å². The molecule has 2 atom stereocenters. The first-order valence-electron chi connectivity index (χ1n) is 14.8. The molecule has 8 heteroatoms. The Hall–Kier alpha value is -1.93. The fourth-order valence-electron chi connectivity index (χ4n) is 3.90. The molecule has 0 saturated heterocycles. The van der Waals surface area contributed by atoms with Crippen LogP contribution in [0.1, 0.15) is 110 Å². The standard InChI is InChI=1S/C30H56N2O6/c1-6-8-15-20-27(38-30(36)23-18-22-29(35)37-25-24-32(3,4)5)26(33)19-16-13-11-9-10-12-14-17-21-28(34)31-7-2/h13,16,26-27,33H,6-12,14-15,17-25H2,1-5H3/p+1. The second-order valence-electron chi connectivity index (χ2n) is 11.1. The van der Waals surface area contributed by atoms with Gasteiger partial charge in [-0.15, -0.1) is 0 Å². The third-order valence-corrected chi connectivity index (χ3v) is 6.28. The van der Waals surface area contributed by atoms with E-state index in [0.29, 0.717) is 38.8 Å². The maximum atomic E-state index is 12.4. The Balaban J connectivity index is 4.22. The number of quaternary nitrogens is 1. The molecule has 0 radical (unpaired) electrons. The maximum Gasteiger partial charge on any atom is 0.306 e. The van der Waals surface area contributed by atoms with Crippen molar-refractivity contribution in [3.8, 4) is 0 Å². The summed E-state index contributed by atoms with van der Waals surface area (Å²) in [6.45, 7) is 5.84. The summed E-state index contributed by atoms with van der Waals surface area (Å²) in [5.41, 5.74) is 0. The highest BCUT2D eigenvalue weighted by atomic mass is 16.6. The van der Waals surface area contributed by atoms with Gasteiger partial charge in [-0.25, -0.2) is 0 Å². The smallest absolute Gasteiger partial charge is 0.306 e. The van der Waals surface area contributed by atoms with Gasteiger partial charge in [0, 0.05) is 25.8 Å². The molecule has 0 bridgehead atoms. The first-order chi connectivity index (χ1) is 18.1. The van der Waals surface area contributed by atoms with Gasteiger partial charge in [0.2, 0.25) is 5.91 Å². The molecule has 222 valence electrons. The van der Waals surface area contributed by atoms with Crippen LogP contribution in [0, 0.1) is 0 Å². The van der Waals surface area contributed by atoms with Gasteiger partial charge in [0.15, 0.2) is 0 Å². The molecule has 0 aliphatic heterocycles. The van der Waals surface area contributed by atoms with E-state index < -0.39 is 12.2 Å². The minimum Gasteiger partial charge on any atom is -0.460 e. The Morgan fingerprint density at radius 1 is 0.842 bits per heavy atom. The molecular formula is C30H57N2O6+. The molecule has 0 aromatic heterocycles. The van der Waals surface area contributed by atoms with E-state index in [1.54, 1.807) is 0 Å². The molecule has 0 heterocycles. The fourth-order valence-corrected chi connectivity index (χ4v) is 3.90. The Bertz CT molecular complexity index is 660. The normalized spacial score (nSPS) is 13.3. The molecule has 2 N–H and O–H groups in total. The summed E-state index contributed by atoms with van der Waals surface area (Å²) < 4.78 is 11.6. The molecule has 38 heavy (non-hydrogen) atoms. The summed E-state index contributed by atoms with van der Waals surface area (Å²) >= 11 is 0. The number of amides is 1. The third kappa shape index (κ3) is 23.2. The van der Waals surface area contributed by atoms with Crippen molar-refractivity contribution in [3.05, 3.63) is 12.2 Å². The van der Waals surface area contributed by atoms with E-state index in [1.807, 2.05) is 34.1 Å². The first kappa shape index (κ1) is 36.1. The molecule has 1 amide bonds. The summed E-state index contributed by atoms with van der Waals surface area (Å²) in [5.74, 6) is -0.532. The Morgan fingerprint density at radius 2 is 1.53 bits per heavy atom. The summed E-state index contributed by atoms with van der Waals surface area (Å²) in [4.78, 5) is 35.7. The molecule has 0 spiro atoms. The van der Waals surface area contributed by atoms with Crippen molar-refractivity contribution >= 4 is 17.8 Å². The van der Waals surface area contributed by atoms with E-state index in [0.717, 1.165) is 68.8 Å². The van der Waals surface area contributed by atoms with Crippen LogP contribution in [-0.4, -0.2) is 80.5 Å². The number of hydrogen-bond acceptors (Lipinski definition) is 6. The van der Waals surface area contributed by atoms with Crippen LogP contribution in [0.5, 0.6) is 0 Å². The van der Waals surface area contributed by atoms with E-state index in [4.69, 9.17) is 9.47 Å². The number of rotatable bonds is 24. The number of aliphatic hydroxyl groups is 1. The van der Waals surface area contributed by atoms with Gasteiger partial charge in [-0.05, 0) is 51.9 Å². The van der Waals surface area contributed by atoms with Crippen LogP contribution in [0.3, 0.4) is 0 Å². The lowest BCUT2D eigenvalue weighted by Crippen LogP contribution is -2.38. The highest BCUT2D eigenvalue weighted by molar-refractivity contribution is 5.75. The second-order valence-corrected chi connectivity index (χ2v) is 11.1. The van der Waals surface area contributed by atoms with Gasteiger partial charge < -0.3 is 24.4 Å². The highest BCUT2D eigenvalue weighted by Crippen LogP contribution is 2.16. The number of carbonyl (C=O) groups is 3. The minimum absolute atomic E-state index is 0.138. The summed E-state index contributed by atoms with van der Waals surface area (Å²) in [6, 6.07) is 0. The zero-order valence-corrected chi connectivity index (χ0v) is 25.0. The van der Waals surface area contributed by atoms with Crippen molar-refractivity contribution in [2.75, 3.05) is 40.8 Å². The van der Waals surface area contributed by atoms with Crippen molar-refractivity contribution in [2.24, 2.45) is 0 Å². The number of aliphatic hydroxyl groups excluding tert-OH is 1. The molecule has 0 aromatic carbocycles. The molecule has 2 unspecified atom stereocenters. The quantitative estimate of drug-likeness (QED) is 0.0765. The number of esters is 2. The number of nitrogens with one attached hydrogen (secondary N) is 1. The van der Waals surface area contributed by atoms with E-state index >= 15 is 0 Å². The van der Waals surface area contributed by atoms with Crippen LogP contribution >= 0.6 is 0 Å². The molecular weight excluding hydrogens is 484 g/mol. The van der Waals surface area contributed by atoms with E-state index in [9.17, 15) is 19.5 Å². The molecule has 0 aromatic rings. The highest BCUT2D eigenvalue weighted by Gasteiger charge is 2.22. The zero-order chi connectivity index (χ0) is 28.7. The number of carbonyl (C=O) groups excluding carboxylic acids is 3. The summed E-state index contributed by atoms with van der Waals surface area (Å²) in [5, 5.41) is 13.5. The van der Waals surface area contributed by atoms with Crippen LogP contribution in [0.15, 0.2) is 12.2 Å². The van der Waals surface area contributed by atoms with Gasteiger partial charge in [0.1, 0.15) is 19.3 Å². The number of unbranched alkanes of at least 4 members (excludes halogenated alkanes) is 7. The van der Waals surface area contributed by atoms with Crippen LogP contribution in [-0.2, 0) is 23.9 Å². The Labute approximate surface area is 232 Å². The van der Waals surface area contributed by atoms with Gasteiger partial charge in [-0.2, -0.15) is 0 Å². The molecule has 0 rings (SSSR count). The molecule has 0 fully saturated rings. The Kier molecular flexibility index (Phi) is 21.8. The van der Waals surface area contributed by atoms with Gasteiger partial charge in [-0.3, -0.25) is 14.4 Å². The third-order valence-electron chi connectivity index (χ3n) is 6.28. The second kappa shape index (κ2) is 23.0. The zero-order valence-electron chi connectivity index (χ0n) is 25.0. The first-order valence-corrected chi connectivity index (χ1v) is 14.8. The minimum atomic E-state index is -0.734. The van der Waals surface area contributed by atoms with E-state index in [1.165, 1.54) is 0 Å². The fraction of sp³-hybridized carbons (Fsp3) is 0.833. The lowest BCUT2D eigenvalue weighted by Gasteiger charge is -2.23. The van der Waals surface area contributed by atoms with Crippen molar-refractivity contribution < 1.29 is 33.4 Å². The van der Waals surface area contributed by atoms with Gasteiger partial charge in [-0.1, -0.05) is 51.2 Å². The topological polar surface area (TPSA) is 102 Å². The molecule has 0 saturated carbocycles. The van der Waals surface area contributed by atoms with Crippen LogP contribution < -0.4 is 5.32 Å². The average molecular weight is 542 g/mol. The van der Waals surface area contributed by atoms with Crippen LogP contribution in [0.25, 0.3) is 0 Å². The lowest BCUT2D eigenvalue weighted by molar-refractivity contribution is -0.870. The van der Waals surface area contributed by atoms with Crippen molar-refractivity contribution in [3.63, 3.8) is 0 Å². The van der Waals surface area contributed by atoms with Crippen LogP contribution in [0.2, 0.25) is 0 Å². The predicted octanol–water partition coefficient (Wildman–Crippen LogP) is 5.07. The van der Waals surface area contributed by atoms with Crippen molar-refractivity contribution in [1.29, 1.82) is 0 Å². The molecule has 0 aliphatic carbocycles. The lowest BCUT2D eigenvalue weighted by atomic mass is 10.0. The number of allylic oxidation sites excluding steroid dienone is 1. The van der Waals surface area contributed by atoms with Crippen molar-refractivity contribution in [1.82, 2.24) is 5.32 Å². The monoisotopic (exact) mass is 541 g/mol.